The lowest BCUT2D eigenvalue weighted by Gasteiger charge is -2.39. The molecule has 1 aromatic rings. The van der Waals surface area contributed by atoms with Gasteiger partial charge in [0.2, 0.25) is 5.91 Å². The molecule has 5 nitrogen and oxygen atoms in total. The van der Waals surface area contributed by atoms with Gasteiger partial charge in [0.1, 0.15) is 5.82 Å². The van der Waals surface area contributed by atoms with Gasteiger partial charge in [0.15, 0.2) is 5.16 Å². The van der Waals surface area contributed by atoms with Crippen molar-refractivity contribution in [3.05, 3.63) is 18.5 Å². The summed E-state index contributed by atoms with van der Waals surface area (Å²) in [5, 5.41) is 12.2. The van der Waals surface area contributed by atoms with Gasteiger partial charge in [-0.2, -0.15) is 0 Å². The van der Waals surface area contributed by atoms with Crippen LogP contribution in [0.15, 0.2) is 17.8 Å². The molecule has 2 rings (SSSR count). The summed E-state index contributed by atoms with van der Waals surface area (Å²) in [7, 11) is 0. The van der Waals surface area contributed by atoms with Gasteiger partial charge >= 0.3 is 0 Å². The molecule has 140 valence electrons. The number of nitrogens with one attached hydrogen (secondary N) is 1. The van der Waals surface area contributed by atoms with Crippen molar-refractivity contribution >= 4 is 17.7 Å². The molecule has 1 N–H and O–H groups in total. The first-order valence-electron chi connectivity index (χ1n) is 9.30. The summed E-state index contributed by atoms with van der Waals surface area (Å²) in [4.78, 5) is 12.3. The molecular weight excluding hydrogens is 332 g/mol. The van der Waals surface area contributed by atoms with Crippen molar-refractivity contribution < 1.29 is 4.79 Å². The molecule has 1 aliphatic rings. The first-order chi connectivity index (χ1) is 11.9. The number of rotatable bonds is 8. The van der Waals surface area contributed by atoms with Crippen molar-refractivity contribution in [3.8, 4) is 0 Å². The Morgan fingerprint density at radius 3 is 2.64 bits per heavy atom. The van der Waals surface area contributed by atoms with Crippen molar-refractivity contribution in [2.24, 2.45) is 11.3 Å². The molecule has 1 amide bonds. The lowest BCUT2D eigenvalue weighted by atomic mass is 9.69. The van der Waals surface area contributed by atoms with Gasteiger partial charge in [-0.1, -0.05) is 45.0 Å². The van der Waals surface area contributed by atoms with Crippen LogP contribution in [0.4, 0.5) is 0 Å². The number of carbonyl (C=O) groups is 1. The molecule has 0 spiro atoms. The smallest absolute Gasteiger partial charge is 0.230 e. The van der Waals surface area contributed by atoms with E-state index in [1.54, 1.807) is 0 Å². The highest BCUT2D eigenvalue weighted by molar-refractivity contribution is 7.99. The fourth-order valence-electron chi connectivity index (χ4n) is 3.51. The number of allylic oxidation sites excluding steroid dienone is 1. The predicted octanol–water partition coefficient (Wildman–Crippen LogP) is 3.98. The number of amides is 1. The second-order valence-corrected chi connectivity index (χ2v) is 8.62. The molecule has 0 aliphatic heterocycles. The number of carbonyl (C=O) groups excluding carboxylic acids is 1. The summed E-state index contributed by atoms with van der Waals surface area (Å²) in [5.74, 6) is 2.10. The first-order valence-corrected chi connectivity index (χ1v) is 10.3. The molecule has 1 heterocycles. The third-order valence-corrected chi connectivity index (χ3v) is 6.62. The summed E-state index contributed by atoms with van der Waals surface area (Å²) in [6.07, 6.45) is 7.65. The van der Waals surface area contributed by atoms with Crippen LogP contribution in [0, 0.1) is 18.3 Å². The van der Waals surface area contributed by atoms with Gasteiger partial charge in [0.25, 0.3) is 0 Å². The molecule has 25 heavy (non-hydrogen) atoms. The molecule has 0 saturated heterocycles. The van der Waals surface area contributed by atoms with Gasteiger partial charge in [0.05, 0.1) is 5.75 Å². The van der Waals surface area contributed by atoms with Crippen LogP contribution in [0.2, 0.25) is 0 Å². The molecule has 0 radical (unpaired) electrons. The maximum Gasteiger partial charge on any atom is 0.230 e. The van der Waals surface area contributed by atoms with Crippen molar-refractivity contribution in [1.82, 2.24) is 20.1 Å². The van der Waals surface area contributed by atoms with Crippen LogP contribution in [0.3, 0.4) is 0 Å². The second-order valence-electron chi connectivity index (χ2n) is 7.68. The Morgan fingerprint density at radius 1 is 1.36 bits per heavy atom. The fourth-order valence-corrected chi connectivity index (χ4v) is 4.32. The Labute approximate surface area is 156 Å². The summed E-state index contributed by atoms with van der Waals surface area (Å²) in [6.45, 7) is 13.4. The molecule has 1 saturated carbocycles. The molecule has 0 bridgehead atoms. The first kappa shape index (κ1) is 20.0. The normalized spacial score (nSPS) is 21.1. The Hall–Kier alpha value is -1.30. The maximum absolute atomic E-state index is 12.3. The van der Waals surface area contributed by atoms with E-state index in [0.29, 0.717) is 23.8 Å². The molecule has 1 fully saturated rings. The summed E-state index contributed by atoms with van der Waals surface area (Å²) < 4.78 is 1.98. The maximum atomic E-state index is 12.3. The van der Waals surface area contributed by atoms with Crippen LogP contribution in [0.1, 0.15) is 58.7 Å². The lowest BCUT2D eigenvalue weighted by Crippen LogP contribution is -2.40. The highest BCUT2D eigenvalue weighted by atomic mass is 32.2. The van der Waals surface area contributed by atoms with Crippen molar-refractivity contribution in [2.45, 2.75) is 77.5 Å². The highest BCUT2D eigenvalue weighted by Crippen LogP contribution is 2.40. The zero-order chi connectivity index (χ0) is 18.4. The van der Waals surface area contributed by atoms with Crippen LogP contribution < -0.4 is 5.32 Å². The monoisotopic (exact) mass is 364 g/mol. The van der Waals surface area contributed by atoms with Crippen LogP contribution in [0.5, 0.6) is 0 Å². The van der Waals surface area contributed by atoms with Crippen LogP contribution in [-0.2, 0) is 11.3 Å². The van der Waals surface area contributed by atoms with E-state index in [-0.39, 0.29) is 5.91 Å². The van der Waals surface area contributed by atoms with E-state index in [9.17, 15) is 4.79 Å². The molecular formula is C19H32N4OS. The van der Waals surface area contributed by atoms with Crippen LogP contribution >= 0.6 is 11.8 Å². The van der Waals surface area contributed by atoms with Gasteiger partial charge in [0, 0.05) is 12.6 Å². The Bertz CT molecular complexity index is 588. The molecule has 0 aromatic carbocycles. The van der Waals surface area contributed by atoms with E-state index in [4.69, 9.17) is 0 Å². The summed E-state index contributed by atoms with van der Waals surface area (Å²) in [5.41, 5.74) is 0.415. The Morgan fingerprint density at radius 2 is 2.04 bits per heavy atom. The minimum absolute atomic E-state index is 0.0917. The SMILES string of the molecule is C=CCn1c(C)nnc1SCC(=O)NC1CCC(C(C)(C)CC)CC1. The number of nitrogens with zero attached hydrogens (tertiary/aromatic N) is 3. The van der Waals surface area contributed by atoms with Gasteiger partial charge in [-0.15, -0.1) is 16.8 Å². The zero-order valence-electron chi connectivity index (χ0n) is 16.0. The van der Waals surface area contributed by atoms with Crippen molar-refractivity contribution in [3.63, 3.8) is 0 Å². The average molecular weight is 365 g/mol. The number of thioether (sulfide) groups is 1. The van der Waals surface area contributed by atoms with Crippen molar-refractivity contribution in [2.75, 3.05) is 5.75 Å². The topological polar surface area (TPSA) is 59.8 Å². The number of hydrogen-bond acceptors (Lipinski definition) is 4. The largest absolute Gasteiger partial charge is 0.353 e. The van der Waals surface area contributed by atoms with E-state index in [1.807, 2.05) is 17.6 Å². The lowest BCUT2D eigenvalue weighted by molar-refractivity contribution is -0.119. The van der Waals surface area contributed by atoms with E-state index >= 15 is 0 Å². The van der Waals surface area contributed by atoms with E-state index in [0.717, 1.165) is 29.7 Å². The Kier molecular flexibility index (Phi) is 7.11. The molecule has 1 aliphatic carbocycles. The summed E-state index contributed by atoms with van der Waals surface area (Å²) >= 11 is 1.44. The Balaban J connectivity index is 1.77. The van der Waals surface area contributed by atoms with Crippen LogP contribution in [0.25, 0.3) is 0 Å². The average Bonchev–Trinajstić information content (AvgIpc) is 2.94. The molecule has 6 heteroatoms. The van der Waals surface area contributed by atoms with E-state index < -0.39 is 0 Å². The number of aromatic nitrogens is 3. The zero-order valence-corrected chi connectivity index (χ0v) is 16.9. The quantitative estimate of drug-likeness (QED) is 0.560. The molecule has 1 aromatic heterocycles. The second kappa shape index (κ2) is 8.88. The number of hydrogen-bond donors (Lipinski definition) is 1. The highest BCUT2D eigenvalue weighted by Gasteiger charge is 2.32. The summed E-state index contributed by atoms with van der Waals surface area (Å²) in [6, 6.07) is 0.324. The van der Waals surface area contributed by atoms with Crippen molar-refractivity contribution in [1.29, 1.82) is 0 Å². The van der Waals surface area contributed by atoms with Gasteiger partial charge in [-0.25, -0.2) is 0 Å². The molecule has 0 unspecified atom stereocenters. The van der Waals surface area contributed by atoms with Gasteiger partial charge < -0.3 is 9.88 Å². The molecule has 0 atom stereocenters. The van der Waals surface area contributed by atoms with E-state index in [2.05, 4.69) is 42.9 Å². The standard InChI is InChI=1S/C19H32N4OS/c1-6-12-23-14(3)21-22-18(23)25-13-17(24)20-16-10-8-15(9-11-16)19(4,5)7-2/h6,15-16H,1,7-13H2,2-5H3,(H,20,24). The third-order valence-electron chi connectivity index (χ3n) is 5.65. The third kappa shape index (κ3) is 5.33. The predicted molar refractivity (Wildman–Crippen MR) is 104 cm³/mol. The van der Waals surface area contributed by atoms with Gasteiger partial charge in [-0.3, -0.25) is 4.79 Å². The minimum Gasteiger partial charge on any atom is -0.353 e. The van der Waals surface area contributed by atoms with Crippen LogP contribution in [-0.4, -0.2) is 32.5 Å². The number of aryl methyl sites for hydroxylation is 1. The fraction of sp³-hybridized carbons (Fsp3) is 0.737. The minimum atomic E-state index is 0.0917. The van der Waals surface area contributed by atoms with Gasteiger partial charge in [-0.05, 0) is 43.9 Å². The van der Waals surface area contributed by atoms with E-state index in [1.165, 1.54) is 31.0 Å².